The molecule has 4 nitrogen and oxygen atoms in total. The van der Waals surface area contributed by atoms with Crippen molar-refractivity contribution >= 4 is 21.8 Å². The van der Waals surface area contributed by atoms with Gasteiger partial charge in [-0.25, -0.2) is 0 Å². The highest BCUT2D eigenvalue weighted by Crippen LogP contribution is 2.24. The van der Waals surface area contributed by atoms with Crippen LogP contribution in [0.2, 0.25) is 0 Å². The van der Waals surface area contributed by atoms with E-state index in [1.165, 1.54) is 0 Å². The van der Waals surface area contributed by atoms with E-state index in [9.17, 15) is 4.79 Å². The Kier molecular flexibility index (Phi) is 9.28. The molecule has 0 aromatic heterocycles. The van der Waals surface area contributed by atoms with E-state index in [4.69, 9.17) is 9.47 Å². The lowest BCUT2D eigenvalue weighted by molar-refractivity contribution is 0.0605. The molecule has 0 heterocycles. The molecule has 0 spiro atoms. The number of nitrogens with zero attached hydrogens (tertiary/aromatic N) is 1. The van der Waals surface area contributed by atoms with Crippen LogP contribution >= 0.6 is 15.9 Å². The number of hydrogen-bond donors (Lipinski definition) is 0. The molecule has 0 N–H and O–H groups in total. The molecule has 3 rings (SSSR count). The van der Waals surface area contributed by atoms with E-state index in [0.29, 0.717) is 31.7 Å². The first-order chi connectivity index (χ1) is 16.0. The molecule has 5 heteroatoms. The minimum Gasteiger partial charge on any atom is -0.497 e. The van der Waals surface area contributed by atoms with E-state index in [2.05, 4.69) is 22.5 Å². The second-order valence-electron chi connectivity index (χ2n) is 7.95. The summed E-state index contributed by atoms with van der Waals surface area (Å²) in [5.74, 6) is 0.790. The first-order valence-corrected chi connectivity index (χ1v) is 11.7. The van der Waals surface area contributed by atoms with Crippen LogP contribution in [-0.4, -0.2) is 30.6 Å². The van der Waals surface area contributed by atoms with Crippen molar-refractivity contribution in [3.05, 3.63) is 112 Å². The summed E-state index contributed by atoms with van der Waals surface area (Å²) >= 11 is 3.53. The fraction of sp³-hybridized carbons (Fsp3) is 0.250. The van der Waals surface area contributed by atoms with Crippen LogP contribution in [0.25, 0.3) is 0 Å². The fourth-order valence-corrected chi connectivity index (χ4v) is 4.12. The topological polar surface area (TPSA) is 38.8 Å². The maximum atomic E-state index is 13.6. The minimum atomic E-state index is -0.152. The molecule has 3 aromatic rings. The third-order valence-corrected chi connectivity index (χ3v) is 6.16. The normalized spacial score (nSPS) is 11.6. The Morgan fingerprint density at radius 2 is 1.64 bits per heavy atom. The molecule has 0 radical (unpaired) electrons. The number of amides is 1. The van der Waals surface area contributed by atoms with Gasteiger partial charge in [-0.3, -0.25) is 4.79 Å². The second kappa shape index (κ2) is 12.4. The summed E-state index contributed by atoms with van der Waals surface area (Å²) in [6.07, 6.45) is 0.661. The highest BCUT2D eigenvalue weighted by Gasteiger charge is 2.26. The van der Waals surface area contributed by atoms with Crippen molar-refractivity contribution in [1.82, 2.24) is 4.90 Å². The standard InChI is InChI=1S/C28H30BrNO3/c1-21(2)27(17-18-33-20-23-13-15-24(32-3)16-14-23)30(19-22-9-5-4-6-10-22)28(31)25-11-7-8-12-26(25)29/h4-16,27H,1,17-20H2,2-3H3/t27-/m0/s1. The Balaban J connectivity index is 1.73. The van der Waals surface area contributed by atoms with Crippen LogP contribution in [0, 0.1) is 0 Å². The molecule has 3 aromatic carbocycles. The minimum absolute atomic E-state index is 0.0329. The zero-order valence-corrected chi connectivity index (χ0v) is 20.8. The molecule has 0 saturated heterocycles. The molecule has 1 atom stereocenters. The van der Waals surface area contributed by atoms with E-state index in [0.717, 1.165) is 26.9 Å². The van der Waals surface area contributed by atoms with Crippen molar-refractivity contribution in [2.45, 2.75) is 32.5 Å². The average Bonchev–Trinajstić information content (AvgIpc) is 2.83. The van der Waals surface area contributed by atoms with Crippen LogP contribution in [0.1, 0.15) is 34.8 Å². The summed E-state index contributed by atoms with van der Waals surface area (Å²) in [7, 11) is 1.65. The third-order valence-electron chi connectivity index (χ3n) is 5.47. The van der Waals surface area contributed by atoms with E-state index < -0.39 is 0 Å². The lowest BCUT2D eigenvalue weighted by atomic mass is 10.0. The van der Waals surface area contributed by atoms with Crippen LogP contribution in [0.15, 0.2) is 95.5 Å². The number of carbonyl (C=O) groups excluding carboxylic acids is 1. The summed E-state index contributed by atoms with van der Waals surface area (Å²) in [4.78, 5) is 15.5. The van der Waals surface area contributed by atoms with Crippen molar-refractivity contribution in [3.63, 3.8) is 0 Å². The van der Waals surface area contributed by atoms with E-state index in [-0.39, 0.29) is 11.9 Å². The van der Waals surface area contributed by atoms with Gasteiger partial charge in [0.05, 0.1) is 25.3 Å². The Morgan fingerprint density at radius 3 is 2.27 bits per heavy atom. The lowest BCUT2D eigenvalue weighted by Crippen LogP contribution is -2.41. The molecule has 0 bridgehead atoms. The third kappa shape index (κ3) is 7.04. The van der Waals surface area contributed by atoms with Crippen molar-refractivity contribution in [3.8, 4) is 5.75 Å². The number of hydrogen-bond acceptors (Lipinski definition) is 3. The summed E-state index contributed by atoms with van der Waals surface area (Å²) in [5, 5.41) is 0. The molecule has 0 saturated carbocycles. The molecule has 0 aliphatic carbocycles. The SMILES string of the molecule is C=C(C)[C@H](CCOCc1ccc(OC)cc1)N(Cc1ccccc1)C(=O)c1ccccc1Br. The van der Waals surface area contributed by atoms with Gasteiger partial charge in [0.2, 0.25) is 0 Å². The zero-order chi connectivity index (χ0) is 23.6. The van der Waals surface area contributed by atoms with Crippen molar-refractivity contribution in [2.75, 3.05) is 13.7 Å². The van der Waals surface area contributed by atoms with Gasteiger partial charge in [0.15, 0.2) is 0 Å². The summed E-state index contributed by atoms with van der Waals surface area (Å²) in [5.41, 5.74) is 3.72. The summed E-state index contributed by atoms with van der Waals surface area (Å²) in [6, 6.07) is 25.2. The number of ether oxygens (including phenoxy) is 2. The van der Waals surface area contributed by atoms with Gasteiger partial charge in [-0.05, 0) is 64.7 Å². The second-order valence-corrected chi connectivity index (χ2v) is 8.80. The number of halogens is 1. The van der Waals surface area contributed by atoms with Gasteiger partial charge in [0.25, 0.3) is 5.91 Å². The molecular formula is C28H30BrNO3. The Bertz CT molecular complexity index is 1050. The van der Waals surface area contributed by atoms with Gasteiger partial charge in [-0.2, -0.15) is 0 Å². The van der Waals surface area contributed by atoms with Gasteiger partial charge in [0, 0.05) is 17.6 Å². The average molecular weight is 508 g/mol. The predicted octanol–water partition coefficient (Wildman–Crippen LogP) is 6.65. The first kappa shape index (κ1) is 24.7. The molecule has 1 amide bonds. The molecule has 0 aliphatic rings. The van der Waals surface area contributed by atoms with Crippen molar-refractivity contribution in [1.29, 1.82) is 0 Å². The molecule has 33 heavy (non-hydrogen) atoms. The van der Waals surface area contributed by atoms with Gasteiger partial charge in [0.1, 0.15) is 5.75 Å². The number of rotatable bonds is 11. The van der Waals surface area contributed by atoms with Gasteiger partial charge in [-0.1, -0.05) is 66.7 Å². The predicted molar refractivity (Wildman–Crippen MR) is 136 cm³/mol. The van der Waals surface area contributed by atoms with Gasteiger partial charge < -0.3 is 14.4 Å². The van der Waals surface area contributed by atoms with E-state index in [1.807, 2.05) is 90.7 Å². The van der Waals surface area contributed by atoms with Gasteiger partial charge in [-0.15, -0.1) is 0 Å². The highest BCUT2D eigenvalue weighted by molar-refractivity contribution is 9.10. The number of benzene rings is 3. The molecule has 172 valence electrons. The van der Waals surface area contributed by atoms with Crippen molar-refractivity contribution < 1.29 is 14.3 Å². The molecule has 0 unspecified atom stereocenters. The van der Waals surface area contributed by atoms with E-state index >= 15 is 0 Å². The largest absolute Gasteiger partial charge is 0.497 e. The monoisotopic (exact) mass is 507 g/mol. The summed E-state index contributed by atoms with van der Waals surface area (Å²) in [6.45, 7) is 7.68. The Hall–Kier alpha value is -2.89. The van der Waals surface area contributed by atoms with Crippen LogP contribution in [0.5, 0.6) is 5.75 Å². The maximum Gasteiger partial charge on any atom is 0.255 e. The zero-order valence-electron chi connectivity index (χ0n) is 19.2. The number of carbonyl (C=O) groups is 1. The molecular weight excluding hydrogens is 478 g/mol. The van der Waals surface area contributed by atoms with Crippen LogP contribution < -0.4 is 4.74 Å². The van der Waals surface area contributed by atoms with Crippen LogP contribution in [-0.2, 0) is 17.9 Å². The lowest BCUT2D eigenvalue weighted by Gasteiger charge is -2.33. The Morgan fingerprint density at radius 1 is 0.970 bits per heavy atom. The van der Waals surface area contributed by atoms with E-state index in [1.54, 1.807) is 7.11 Å². The smallest absolute Gasteiger partial charge is 0.255 e. The van der Waals surface area contributed by atoms with Crippen LogP contribution in [0.4, 0.5) is 0 Å². The summed E-state index contributed by atoms with van der Waals surface area (Å²) < 4.78 is 11.9. The molecule has 0 aliphatic heterocycles. The van der Waals surface area contributed by atoms with Crippen molar-refractivity contribution in [2.24, 2.45) is 0 Å². The van der Waals surface area contributed by atoms with Crippen LogP contribution in [0.3, 0.4) is 0 Å². The maximum absolute atomic E-state index is 13.6. The highest BCUT2D eigenvalue weighted by atomic mass is 79.9. The van der Waals surface area contributed by atoms with Gasteiger partial charge >= 0.3 is 0 Å². The first-order valence-electron chi connectivity index (χ1n) is 10.9. The number of methoxy groups -OCH3 is 1. The Labute approximate surface area is 205 Å². The molecule has 0 fully saturated rings. The quantitative estimate of drug-likeness (QED) is 0.215. The fourth-order valence-electron chi connectivity index (χ4n) is 3.67.